The number of carbonyl (C=O) groups excluding carboxylic acids is 1. The maximum Gasteiger partial charge on any atom is 0.332 e. The van der Waals surface area contributed by atoms with Crippen molar-refractivity contribution in [2.75, 3.05) is 18.6 Å². The first-order chi connectivity index (χ1) is 14.3. The highest BCUT2D eigenvalue weighted by atomic mass is 16.6. The Bertz CT molecular complexity index is 1080. The number of benzene rings is 1. The van der Waals surface area contributed by atoms with E-state index in [0.29, 0.717) is 23.9 Å². The van der Waals surface area contributed by atoms with E-state index in [0.717, 1.165) is 16.5 Å². The maximum absolute atomic E-state index is 12.2. The number of hydrogen-bond acceptors (Lipinski definition) is 7. The summed E-state index contributed by atoms with van der Waals surface area (Å²) < 4.78 is 16.6. The zero-order chi connectivity index (χ0) is 21.3. The summed E-state index contributed by atoms with van der Waals surface area (Å²) >= 11 is 0. The second-order valence-electron chi connectivity index (χ2n) is 8.15. The summed E-state index contributed by atoms with van der Waals surface area (Å²) in [7, 11) is 1.58. The Morgan fingerprint density at radius 1 is 1.10 bits per heavy atom. The largest absolute Gasteiger partial charge is 0.481 e. The summed E-state index contributed by atoms with van der Waals surface area (Å²) in [6.07, 6.45) is -0.440. The minimum absolute atomic E-state index is 0.146. The van der Waals surface area contributed by atoms with Crippen molar-refractivity contribution in [3.63, 3.8) is 0 Å². The molecule has 0 N–H and O–H groups in total. The molecule has 1 unspecified atom stereocenters. The molecule has 0 saturated heterocycles. The smallest absolute Gasteiger partial charge is 0.332 e. The monoisotopic (exact) mass is 407 g/mol. The molecular formula is C23H25N3O4. The molecular weight excluding hydrogens is 382 g/mol. The van der Waals surface area contributed by atoms with Gasteiger partial charge in [-0.2, -0.15) is 4.98 Å². The molecule has 0 fully saturated rings. The summed E-state index contributed by atoms with van der Waals surface area (Å²) in [5.74, 6) is 0.827. The molecule has 3 heterocycles. The van der Waals surface area contributed by atoms with Gasteiger partial charge in [0.05, 0.1) is 7.11 Å². The van der Waals surface area contributed by atoms with Gasteiger partial charge in [-0.1, -0.05) is 24.3 Å². The average Bonchev–Trinajstić information content (AvgIpc) is 3.08. The van der Waals surface area contributed by atoms with Crippen molar-refractivity contribution >= 4 is 22.8 Å². The van der Waals surface area contributed by atoms with Gasteiger partial charge in [-0.25, -0.2) is 9.78 Å². The van der Waals surface area contributed by atoms with Crippen molar-refractivity contribution in [1.82, 2.24) is 9.97 Å². The fourth-order valence-corrected chi connectivity index (χ4v) is 3.50. The molecule has 0 bridgehead atoms. The number of nitrogens with zero attached hydrogens (tertiary/aromatic N) is 3. The highest BCUT2D eigenvalue weighted by Crippen LogP contribution is 2.38. The van der Waals surface area contributed by atoms with Gasteiger partial charge in [0.1, 0.15) is 18.0 Å². The molecule has 3 aromatic rings. The van der Waals surface area contributed by atoms with Crippen LogP contribution in [0, 0.1) is 0 Å². The lowest BCUT2D eigenvalue weighted by Gasteiger charge is -2.27. The highest BCUT2D eigenvalue weighted by molar-refractivity contribution is 5.77. The molecule has 1 aromatic carbocycles. The average molecular weight is 407 g/mol. The minimum Gasteiger partial charge on any atom is -0.481 e. The summed E-state index contributed by atoms with van der Waals surface area (Å²) in [6, 6.07) is 15.7. The predicted octanol–water partition coefficient (Wildman–Crippen LogP) is 4.02. The zero-order valence-electron chi connectivity index (χ0n) is 17.6. The fourth-order valence-electron chi connectivity index (χ4n) is 3.50. The lowest BCUT2D eigenvalue weighted by atomic mass is 10.1. The van der Waals surface area contributed by atoms with Crippen LogP contribution in [0.2, 0.25) is 0 Å². The Morgan fingerprint density at radius 3 is 2.63 bits per heavy atom. The molecule has 7 nitrogen and oxygen atoms in total. The van der Waals surface area contributed by atoms with Crippen molar-refractivity contribution < 1.29 is 19.0 Å². The van der Waals surface area contributed by atoms with E-state index in [1.54, 1.807) is 7.11 Å². The number of rotatable bonds is 5. The van der Waals surface area contributed by atoms with Crippen LogP contribution in [0.3, 0.4) is 0 Å². The topological polar surface area (TPSA) is 73.8 Å². The molecule has 2 aromatic heterocycles. The number of aromatic nitrogens is 2. The lowest BCUT2D eigenvalue weighted by molar-refractivity contribution is -0.162. The number of fused-ring (bicyclic) bond motifs is 2. The third kappa shape index (κ3) is 4.21. The predicted molar refractivity (Wildman–Crippen MR) is 113 cm³/mol. The van der Waals surface area contributed by atoms with E-state index in [-0.39, 0.29) is 6.61 Å². The Balaban J connectivity index is 1.62. The van der Waals surface area contributed by atoms with Crippen LogP contribution in [0.1, 0.15) is 38.1 Å². The molecule has 0 saturated carbocycles. The van der Waals surface area contributed by atoms with Crippen molar-refractivity contribution in [3.05, 3.63) is 59.7 Å². The second kappa shape index (κ2) is 7.91. The van der Waals surface area contributed by atoms with E-state index < -0.39 is 17.8 Å². The molecule has 1 aliphatic rings. The first-order valence-electron chi connectivity index (χ1n) is 9.84. The van der Waals surface area contributed by atoms with Gasteiger partial charge in [0.15, 0.2) is 11.9 Å². The number of esters is 1. The zero-order valence-corrected chi connectivity index (χ0v) is 17.6. The SMILES string of the molecule is COc1ccc2ccc(N3Cc4ccccc4C3OCC(=O)OC(C)(C)C)nc2n1. The van der Waals surface area contributed by atoms with Gasteiger partial charge in [-0.15, -0.1) is 0 Å². The summed E-state index contributed by atoms with van der Waals surface area (Å²) in [5.41, 5.74) is 2.18. The van der Waals surface area contributed by atoms with Gasteiger partial charge < -0.3 is 19.1 Å². The molecule has 156 valence electrons. The number of ether oxygens (including phenoxy) is 3. The van der Waals surface area contributed by atoms with Crippen LogP contribution in [0.15, 0.2) is 48.5 Å². The quantitative estimate of drug-likeness (QED) is 0.592. The van der Waals surface area contributed by atoms with Crippen molar-refractivity contribution in [3.8, 4) is 5.88 Å². The van der Waals surface area contributed by atoms with Gasteiger partial charge in [0.2, 0.25) is 5.88 Å². The van der Waals surface area contributed by atoms with Crippen LogP contribution in [0.4, 0.5) is 5.82 Å². The molecule has 1 aliphatic heterocycles. The molecule has 0 spiro atoms. The normalized spacial score (nSPS) is 15.9. The number of methoxy groups -OCH3 is 1. The van der Waals surface area contributed by atoms with Crippen LogP contribution in [-0.2, 0) is 20.8 Å². The summed E-state index contributed by atoms with van der Waals surface area (Å²) in [4.78, 5) is 23.4. The molecule has 1 atom stereocenters. The molecule has 7 heteroatoms. The van der Waals surface area contributed by atoms with E-state index in [4.69, 9.17) is 19.2 Å². The Kier molecular flexibility index (Phi) is 5.30. The Morgan fingerprint density at radius 2 is 1.87 bits per heavy atom. The van der Waals surface area contributed by atoms with E-state index in [2.05, 4.69) is 11.1 Å². The number of anilines is 1. The van der Waals surface area contributed by atoms with E-state index in [1.807, 2.05) is 68.1 Å². The van der Waals surface area contributed by atoms with Crippen LogP contribution in [0.5, 0.6) is 5.88 Å². The van der Waals surface area contributed by atoms with Crippen LogP contribution in [0.25, 0.3) is 11.0 Å². The Labute approximate surface area is 175 Å². The second-order valence-corrected chi connectivity index (χ2v) is 8.15. The first kappa shape index (κ1) is 20.1. The molecule has 0 amide bonds. The van der Waals surface area contributed by atoms with Crippen molar-refractivity contribution in [1.29, 1.82) is 0 Å². The van der Waals surface area contributed by atoms with Gasteiger partial charge >= 0.3 is 5.97 Å². The van der Waals surface area contributed by atoms with E-state index in [1.165, 1.54) is 0 Å². The highest BCUT2D eigenvalue weighted by Gasteiger charge is 2.33. The first-order valence-corrected chi connectivity index (χ1v) is 9.84. The van der Waals surface area contributed by atoms with E-state index >= 15 is 0 Å². The van der Waals surface area contributed by atoms with Gasteiger partial charge in [-0.05, 0) is 44.5 Å². The standard InChI is InChI=1S/C23H25N3O4/c1-23(2,3)30-20(27)14-29-22-17-8-6-5-7-16(17)13-26(22)18-11-9-15-10-12-19(28-4)25-21(15)24-18/h5-12,22H,13-14H2,1-4H3. The lowest BCUT2D eigenvalue weighted by Crippen LogP contribution is -2.30. The van der Waals surface area contributed by atoms with Gasteiger partial charge in [-0.3, -0.25) is 0 Å². The minimum atomic E-state index is -0.557. The third-order valence-corrected chi connectivity index (χ3v) is 4.74. The summed E-state index contributed by atoms with van der Waals surface area (Å²) in [5, 5.41) is 0.919. The molecule has 0 radical (unpaired) electrons. The third-order valence-electron chi connectivity index (χ3n) is 4.74. The van der Waals surface area contributed by atoms with Crippen molar-refractivity contribution in [2.24, 2.45) is 0 Å². The fraction of sp³-hybridized carbons (Fsp3) is 0.348. The number of carbonyl (C=O) groups is 1. The molecule has 4 rings (SSSR count). The maximum atomic E-state index is 12.2. The van der Waals surface area contributed by atoms with Crippen LogP contribution < -0.4 is 9.64 Å². The number of pyridine rings is 2. The van der Waals surface area contributed by atoms with Crippen LogP contribution >= 0.6 is 0 Å². The molecule has 0 aliphatic carbocycles. The van der Waals surface area contributed by atoms with Crippen LogP contribution in [-0.4, -0.2) is 35.3 Å². The Hall–Kier alpha value is -3.19. The van der Waals surface area contributed by atoms with Gasteiger partial charge in [0, 0.05) is 23.6 Å². The van der Waals surface area contributed by atoms with Gasteiger partial charge in [0.25, 0.3) is 0 Å². The van der Waals surface area contributed by atoms with E-state index in [9.17, 15) is 4.79 Å². The number of hydrogen-bond donors (Lipinski definition) is 0. The summed E-state index contributed by atoms with van der Waals surface area (Å²) in [6.45, 7) is 5.98. The van der Waals surface area contributed by atoms with Crippen molar-refractivity contribution in [2.45, 2.75) is 39.1 Å². The molecule has 30 heavy (non-hydrogen) atoms.